The van der Waals surface area contributed by atoms with Crippen LogP contribution in [0, 0.1) is 35.7 Å². The van der Waals surface area contributed by atoms with Crippen molar-refractivity contribution in [1.82, 2.24) is 0 Å². The zero-order chi connectivity index (χ0) is 31.3. The normalized spacial score (nSPS) is 13.7. The third-order valence-electron chi connectivity index (χ3n) is 6.98. The Kier molecular flexibility index (Phi) is 15.5. The van der Waals surface area contributed by atoms with Crippen LogP contribution in [-0.4, -0.2) is 5.71 Å². The number of aliphatic imine (C=N–C) groups is 1. The molecule has 2 aromatic carbocycles. The van der Waals surface area contributed by atoms with Crippen molar-refractivity contribution in [3.63, 3.8) is 0 Å². The number of rotatable bonds is 10. The van der Waals surface area contributed by atoms with Gasteiger partial charge in [-0.1, -0.05) is 69.5 Å². The number of nitriles is 1. The summed E-state index contributed by atoms with van der Waals surface area (Å²) in [5.41, 5.74) is 6.95. The molecule has 2 aromatic rings. The van der Waals surface area contributed by atoms with E-state index in [0.29, 0.717) is 23.1 Å². The molecule has 1 atom stereocenters. The number of halogens is 4. The molecule has 0 amide bonds. The number of allylic oxidation sites excluding steroid dienone is 6. The fourth-order valence-corrected chi connectivity index (χ4v) is 4.71. The van der Waals surface area contributed by atoms with E-state index in [1.54, 1.807) is 38.1 Å². The quantitative estimate of drug-likeness (QED) is 0.202. The zero-order valence-corrected chi connectivity index (χ0v) is 26.7. The summed E-state index contributed by atoms with van der Waals surface area (Å²) in [4.78, 5) is 4.30. The maximum atomic E-state index is 14.6. The van der Waals surface area contributed by atoms with Gasteiger partial charge in [-0.2, -0.15) is 5.26 Å². The predicted octanol–water partition coefficient (Wildman–Crippen LogP) is 11.6. The van der Waals surface area contributed by atoms with Crippen molar-refractivity contribution in [2.24, 2.45) is 4.99 Å². The van der Waals surface area contributed by atoms with Gasteiger partial charge in [0, 0.05) is 22.9 Å². The average molecular weight is 585 g/mol. The van der Waals surface area contributed by atoms with Crippen LogP contribution in [0.4, 0.5) is 13.2 Å². The summed E-state index contributed by atoms with van der Waals surface area (Å²) in [6.07, 6.45) is 8.21. The second-order valence-corrected chi connectivity index (χ2v) is 10.7. The number of aryl methyl sites for hydroxylation is 2. The molecule has 41 heavy (non-hydrogen) atoms. The summed E-state index contributed by atoms with van der Waals surface area (Å²) in [5.74, 6) is -2.34. The Bertz CT molecular complexity index is 1360. The Morgan fingerprint density at radius 2 is 1.71 bits per heavy atom. The van der Waals surface area contributed by atoms with Gasteiger partial charge in [-0.05, 0) is 106 Å². The lowest BCUT2D eigenvalue weighted by Crippen LogP contribution is -2.06. The molecule has 0 radical (unpaired) electrons. The summed E-state index contributed by atoms with van der Waals surface area (Å²) in [6, 6.07) is 8.47. The van der Waals surface area contributed by atoms with Crippen LogP contribution in [0.25, 0.3) is 5.57 Å². The van der Waals surface area contributed by atoms with Gasteiger partial charge in [0.15, 0.2) is 11.6 Å². The van der Waals surface area contributed by atoms with Crippen LogP contribution in [0.3, 0.4) is 0 Å². The van der Waals surface area contributed by atoms with Crippen molar-refractivity contribution in [3.8, 4) is 6.07 Å². The molecule has 0 saturated carbocycles. The van der Waals surface area contributed by atoms with Gasteiger partial charge < -0.3 is 0 Å². The molecule has 2 nitrogen and oxygen atoms in total. The summed E-state index contributed by atoms with van der Waals surface area (Å²) >= 11 is 6.08. The van der Waals surface area contributed by atoms with Crippen molar-refractivity contribution in [1.29, 1.82) is 5.26 Å². The first kappa shape index (κ1) is 35.9. The van der Waals surface area contributed by atoms with E-state index in [1.165, 1.54) is 6.07 Å². The van der Waals surface area contributed by atoms with Crippen molar-refractivity contribution >= 4 is 22.9 Å². The van der Waals surface area contributed by atoms with Crippen LogP contribution in [0.2, 0.25) is 5.02 Å². The van der Waals surface area contributed by atoms with Gasteiger partial charge in [0.1, 0.15) is 5.82 Å². The second kappa shape index (κ2) is 17.7. The minimum Gasteiger partial charge on any atom is -0.259 e. The van der Waals surface area contributed by atoms with Crippen LogP contribution >= 0.6 is 11.6 Å². The molecule has 6 heteroatoms. The van der Waals surface area contributed by atoms with E-state index in [4.69, 9.17) is 16.9 Å². The highest BCUT2D eigenvalue weighted by Crippen LogP contribution is 2.38. The molecule has 0 aliphatic rings. The van der Waals surface area contributed by atoms with Crippen LogP contribution in [0.15, 0.2) is 58.3 Å². The minimum absolute atomic E-state index is 0.0780. The van der Waals surface area contributed by atoms with E-state index in [1.807, 2.05) is 34.6 Å². The molecule has 0 saturated heterocycles. The largest absolute Gasteiger partial charge is 0.259 e. The van der Waals surface area contributed by atoms with Crippen molar-refractivity contribution in [2.45, 2.75) is 100 Å². The smallest absolute Gasteiger partial charge is 0.162 e. The van der Waals surface area contributed by atoms with E-state index >= 15 is 0 Å². The first-order chi connectivity index (χ1) is 19.3. The summed E-state index contributed by atoms with van der Waals surface area (Å²) < 4.78 is 42.7. The summed E-state index contributed by atoms with van der Waals surface area (Å²) in [7, 11) is 0. The topological polar surface area (TPSA) is 36.1 Å². The Hall–Kier alpha value is -3.10. The Morgan fingerprint density at radius 1 is 1.05 bits per heavy atom. The molecule has 0 aliphatic heterocycles. The zero-order valence-electron chi connectivity index (χ0n) is 26.0. The average Bonchev–Trinajstić information content (AvgIpc) is 2.93. The fraction of sp³-hybridized carbons (Fsp3) is 0.429. The minimum atomic E-state index is -0.800. The van der Waals surface area contributed by atoms with Crippen molar-refractivity contribution < 1.29 is 13.2 Å². The number of benzene rings is 2. The number of nitrogens with zero attached hydrogens (tertiary/aromatic N) is 2. The van der Waals surface area contributed by atoms with E-state index in [-0.39, 0.29) is 10.9 Å². The molecule has 1 unspecified atom stereocenters. The highest BCUT2D eigenvalue weighted by molar-refractivity contribution is 6.31. The van der Waals surface area contributed by atoms with Crippen LogP contribution in [-0.2, 0) is 6.42 Å². The third kappa shape index (κ3) is 10.7. The first-order valence-corrected chi connectivity index (χ1v) is 14.6. The van der Waals surface area contributed by atoms with Gasteiger partial charge in [0.25, 0.3) is 0 Å². The van der Waals surface area contributed by atoms with Crippen LogP contribution in [0.1, 0.15) is 109 Å². The number of unbranched alkanes of at least 4 members (excludes halogenated alkanes) is 1. The lowest BCUT2D eigenvalue weighted by atomic mass is 9.83. The highest BCUT2D eigenvalue weighted by Gasteiger charge is 2.21. The standard InChI is InChI=1S/C24H28ClF3.C11H16N2/c1-6-8-9-18(20-13-21(25)22(26)12-17(20)7-2)15(4)16(5)19-11-10-14(3)23(27)24(19)28;1-5-6-10(3)13-11(4)7-9(2)8-12/h10-13,16H,6-9H2,1-5H3;6-7H,5H2,1-4H3/b18-15+;9-7+,10-6+,13-11+. The molecule has 0 N–H and O–H groups in total. The Balaban J connectivity index is 0.000000545. The molecule has 0 bridgehead atoms. The molecule has 0 heterocycles. The maximum Gasteiger partial charge on any atom is 0.162 e. The van der Waals surface area contributed by atoms with Crippen LogP contribution in [0.5, 0.6) is 0 Å². The lowest BCUT2D eigenvalue weighted by Gasteiger charge is -2.22. The number of hydrogen-bond acceptors (Lipinski definition) is 2. The van der Waals surface area contributed by atoms with Crippen molar-refractivity contribution in [3.05, 3.63) is 98.0 Å². The highest BCUT2D eigenvalue weighted by atomic mass is 35.5. The molecular weight excluding hydrogens is 541 g/mol. The summed E-state index contributed by atoms with van der Waals surface area (Å²) in [6.45, 7) is 17.2. The molecule has 0 aliphatic carbocycles. The molecule has 222 valence electrons. The number of hydrogen-bond donors (Lipinski definition) is 0. The van der Waals surface area contributed by atoms with E-state index < -0.39 is 17.5 Å². The Labute approximate surface area is 250 Å². The third-order valence-corrected chi connectivity index (χ3v) is 7.27. The van der Waals surface area contributed by atoms with Gasteiger partial charge >= 0.3 is 0 Å². The van der Waals surface area contributed by atoms with Gasteiger partial charge in [-0.25, -0.2) is 13.2 Å². The van der Waals surface area contributed by atoms with Gasteiger partial charge in [0.2, 0.25) is 0 Å². The summed E-state index contributed by atoms with van der Waals surface area (Å²) in [5, 5.41) is 8.61. The SMILES string of the molecule is CC/C=C(C)/N=C(C)/C=C(\C)C#N.CCCC/C(=C(/C)C(C)c1ccc(C)c(F)c1F)c1cc(Cl)c(F)cc1CC. The molecule has 2 rings (SSSR count). The van der Waals surface area contributed by atoms with E-state index in [9.17, 15) is 13.2 Å². The second-order valence-electron chi connectivity index (χ2n) is 10.3. The first-order valence-electron chi connectivity index (χ1n) is 14.2. The van der Waals surface area contributed by atoms with Gasteiger partial charge in [0.05, 0.1) is 11.1 Å². The van der Waals surface area contributed by atoms with Gasteiger partial charge in [-0.3, -0.25) is 4.99 Å². The molecular formula is C35H44ClF3N2. The van der Waals surface area contributed by atoms with Gasteiger partial charge in [-0.15, -0.1) is 0 Å². The Morgan fingerprint density at radius 3 is 2.27 bits per heavy atom. The van der Waals surface area contributed by atoms with E-state index in [2.05, 4.69) is 31.0 Å². The monoisotopic (exact) mass is 584 g/mol. The van der Waals surface area contributed by atoms with Crippen LogP contribution < -0.4 is 0 Å². The van der Waals surface area contributed by atoms with E-state index in [0.717, 1.165) is 59.4 Å². The fourth-order valence-electron chi connectivity index (χ4n) is 4.55. The maximum absolute atomic E-state index is 14.6. The predicted molar refractivity (Wildman–Crippen MR) is 169 cm³/mol. The van der Waals surface area contributed by atoms with Crippen molar-refractivity contribution in [2.75, 3.05) is 0 Å². The molecule has 0 spiro atoms. The molecule has 0 aromatic heterocycles. The molecule has 0 fully saturated rings. The lowest BCUT2D eigenvalue weighted by molar-refractivity contribution is 0.490.